The predicted molar refractivity (Wildman–Crippen MR) is 115 cm³/mol. The second kappa shape index (κ2) is 15.5. The number of hydrogen-bond donors (Lipinski definition) is 2. The summed E-state index contributed by atoms with van der Waals surface area (Å²) in [6.45, 7) is 10.8. The molecule has 2 N–H and O–H groups in total. The smallest absolute Gasteiger partial charge is 0.119 e. The van der Waals surface area contributed by atoms with Gasteiger partial charge in [-0.1, -0.05) is 53.4 Å². The molecule has 1 rings (SSSR count). The summed E-state index contributed by atoms with van der Waals surface area (Å²) in [6, 6.07) is 0. The van der Waals surface area contributed by atoms with Gasteiger partial charge < -0.3 is 29.2 Å². The molecule has 174 valence electrons. The lowest BCUT2D eigenvalue weighted by atomic mass is 9.77. The van der Waals surface area contributed by atoms with Gasteiger partial charge in [0.25, 0.3) is 0 Å². The molecular weight excluding hydrogens is 372 g/mol. The molecular formula is C23H46O6. The largest absolute Gasteiger partial charge is 0.390 e. The van der Waals surface area contributed by atoms with Gasteiger partial charge in [-0.3, -0.25) is 0 Å². The Morgan fingerprint density at radius 2 is 1.21 bits per heavy atom. The topological polar surface area (TPSA) is 77.4 Å². The summed E-state index contributed by atoms with van der Waals surface area (Å²) in [5, 5.41) is 22.3. The second-order valence-corrected chi connectivity index (χ2v) is 8.30. The van der Waals surface area contributed by atoms with Gasteiger partial charge >= 0.3 is 0 Å². The molecule has 1 fully saturated rings. The first kappa shape index (κ1) is 26.8. The Bertz CT molecular complexity index is 394. The molecule has 1 aliphatic carbocycles. The van der Waals surface area contributed by atoms with E-state index in [0.29, 0.717) is 26.4 Å². The monoisotopic (exact) mass is 418 g/mol. The van der Waals surface area contributed by atoms with Gasteiger partial charge in [0.1, 0.15) is 23.9 Å². The van der Waals surface area contributed by atoms with Gasteiger partial charge in [-0.05, 0) is 25.7 Å². The van der Waals surface area contributed by atoms with Crippen LogP contribution in [0.2, 0.25) is 0 Å². The van der Waals surface area contributed by atoms with E-state index >= 15 is 0 Å². The fourth-order valence-corrected chi connectivity index (χ4v) is 3.65. The fraction of sp³-hybridized carbons (Fsp3) is 1.00. The van der Waals surface area contributed by atoms with Crippen LogP contribution in [0.25, 0.3) is 0 Å². The van der Waals surface area contributed by atoms with E-state index < -0.39 is 30.0 Å². The van der Waals surface area contributed by atoms with Gasteiger partial charge in [0, 0.05) is 32.8 Å². The predicted octanol–water partition coefficient (Wildman–Crippen LogP) is 3.85. The normalized spacial score (nSPS) is 30.0. The fourth-order valence-electron chi connectivity index (χ4n) is 3.65. The molecule has 6 heteroatoms. The number of hydrogen-bond acceptors (Lipinski definition) is 6. The van der Waals surface area contributed by atoms with Crippen molar-refractivity contribution in [2.24, 2.45) is 0 Å². The van der Waals surface area contributed by atoms with Crippen molar-refractivity contribution in [3.8, 4) is 0 Å². The maximum Gasteiger partial charge on any atom is 0.119 e. The van der Waals surface area contributed by atoms with E-state index in [0.717, 1.165) is 51.4 Å². The highest BCUT2D eigenvalue weighted by atomic mass is 16.6. The van der Waals surface area contributed by atoms with Crippen LogP contribution in [0.3, 0.4) is 0 Å². The van der Waals surface area contributed by atoms with Gasteiger partial charge in [-0.2, -0.15) is 0 Å². The van der Waals surface area contributed by atoms with Gasteiger partial charge in [0.05, 0.1) is 12.7 Å². The zero-order chi connectivity index (χ0) is 21.5. The molecule has 0 unspecified atom stereocenters. The van der Waals surface area contributed by atoms with Crippen LogP contribution in [0.15, 0.2) is 0 Å². The Labute approximate surface area is 178 Å². The first-order chi connectivity index (χ1) is 14.0. The molecule has 0 aromatic heterocycles. The van der Waals surface area contributed by atoms with Crippen molar-refractivity contribution in [2.45, 2.75) is 115 Å². The van der Waals surface area contributed by atoms with Gasteiger partial charge in [-0.15, -0.1) is 0 Å². The number of unbranched alkanes of at least 4 members (excludes halogenated alkanes) is 4. The van der Waals surface area contributed by atoms with Crippen molar-refractivity contribution >= 4 is 0 Å². The lowest BCUT2D eigenvalue weighted by Gasteiger charge is -2.49. The highest BCUT2D eigenvalue weighted by molar-refractivity contribution is 5.05. The SMILES string of the molecule is CCCCOC[C@@]1(O)C[C@H](O)[C@H](OCCCC)[C@@H](OCCCC)[C@@H]1OCCCC. The summed E-state index contributed by atoms with van der Waals surface area (Å²) in [5.41, 5.74) is -1.29. The molecule has 0 amide bonds. The Balaban J connectivity index is 2.98. The summed E-state index contributed by atoms with van der Waals surface area (Å²) in [6.07, 6.45) is 5.54. The average Bonchev–Trinajstić information content (AvgIpc) is 2.70. The van der Waals surface area contributed by atoms with Crippen molar-refractivity contribution < 1.29 is 29.2 Å². The molecule has 1 aliphatic rings. The average molecular weight is 419 g/mol. The van der Waals surface area contributed by atoms with Crippen molar-refractivity contribution in [1.29, 1.82) is 0 Å². The van der Waals surface area contributed by atoms with E-state index in [1.807, 2.05) is 0 Å². The van der Waals surface area contributed by atoms with Crippen molar-refractivity contribution in [3.05, 3.63) is 0 Å². The van der Waals surface area contributed by atoms with E-state index in [-0.39, 0.29) is 13.0 Å². The third-order valence-electron chi connectivity index (χ3n) is 5.50. The highest BCUT2D eigenvalue weighted by Gasteiger charge is 2.54. The van der Waals surface area contributed by atoms with Crippen LogP contribution in [0, 0.1) is 0 Å². The number of aliphatic hydroxyl groups is 2. The van der Waals surface area contributed by atoms with Crippen LogP contribution in [-0.4, -0.2) is 73.3 Å². The van der Waals surface area contributed by atoms with E-state index in [9.17, 15) is 10.2 Å². The molecule has 6 nitrogen and oxygen atoms in total. The lowest BCUT2D eigenvalue weighted by Crippen LogP contribution is -2.66. The van der Waals surface area contributed by atoms with Crippen molar-refractivity contribution in [3.63, 3.8) is 0 Å². The summed E-state index contributed by atoms with van der Waals surface area (Å²) in [4.78, 5) is 0. The van der Waals surface area contributed by atoms with E-state index in [2.05, 4.69) is 27.7 Å². The zero-order valence-electron chi connectivity index (χ0n) is 19.2. The van der Waals surface area contributed by atoms with Gasteiger partial charge in [0.2, 0.25) is 0 Å². The van der Waals surface area contributed by atoms with Crippen LogP contribution in [0.5, 0.6) is 0 Å². The van der Waals surface area contributed by atoms with Gasteiger partial charge in [0.15, 0.2) is 0 Å². The quantitative estimate of drug-likeness (QED) is 0.349. The summed E-state index contributed by atoms with van der Waals surface area (Å²) < 4.78 is 24.2. The first-order valence-electron chi connectivity index (χ1n) is 11.9. The molecule has 0 spiro atoms. The molecule has 1 saturated carbocycles. The van der Waals surface area contributed by atoms with Crippen molar-refractivity contribution in [2.75, 3.05) is 33.0 Å². The first-order valence-corrected chi connectivity index (χ1v) is 11.9. The second-order valence-electron chi connectivity index (χ2n) is 8.30. The van der Waals surface area contributed by atoms with E-state index in [1.165, 1.54) is 0 Å². The minimum Gasteiger partial charge on any atom is -0.390 e. The minimum atomic E-state index is -1.29. The van der Waals surface area contributed by atoms with Crippen LogP contribution in [-0.2, 0) is 18.9 Å². The third-order valence-corrected chi connectivity index (χ3v) is 5.50. The number of ether oxygens (including phenoxy) is 4. The molecule has 0 bridgehead atoms. The van der Waals surface area contributed by atoms with E-state index in [4.69, 9.17) is 18.9 Å². The molecule has 29 heavy (non-hydrogen) atoms. The third kappa shape index (κ3) is 9.19. The summed E-state index contributed by atoms with van der Waals surface area (Å²) in [5.74, 6) is 0. The Morgan fingerprint density at radius 1 is 0.724 bits per heavy atom. The maximum atomic E-state index is 11.5. The minimum absolute atomic E-state index is 0.135. The van der Waals surface area contributed by atoms with Crippen LogP contribution < -0.4 is 0 Å². The van der Waals surface area contributed by atoms with Crippen LogP contribution >= 0.6 is 0 Å². The summed E-state index contributed by atoms with van der Waals surface area (Å²) in [7, 11) is 0. The Morgan fingerprint density at radius 3 is 1.76 bits per heavy atom. The molecule has 0 aromatic carbocycles. The Hall–Kier alpha value is -0.240. The molecule has 5 atom stereocenters. The maximum absolute atomic E-state index is 11.5. The van der Waals surface area contributed by atoms with Crippen molar-refractivity contribution in [1.82, 2.24) is 0 Å². The van der Waals surface area contributed by atoms with Crippen LogP contribution in [0.4, 0.5) is 0 Å². The number of aliphatic hydroxyl groups excluding tert-OH is 1. The molecule has 0 radical (unpaired) electrons. The van der Waals surface area contributed by atoms with Gasteiger partial charge in [-0.25, -0.2) is 0 Å². The van der Waals surface area contributed by atoms with E-state index in [1.54, 1.807) is 0 Å². The Kier molecular flexibility index (Phi) is 14.4. The zero-order valence-corrected chi connectivity index (χ0v) is 19.2. The lowest BCUT2D eigenvalue weighted by molar-refractivity contribution is -0.266. The molecule has 0 heterocycles. The molecule has 0 aliphatic heterocycles. The van der Waals surface area contributed by atoms with Crippen LogP contribution in [0.1, 0.15) is 85.5 Å². The molecule has 0 saturated heterocycles. The highest BCUT2D eigenvalue weighted by Crippen LogP contribution is 2.36. The number of rotatable bonds is 17. The standard InChI is InChI=1S/C23H46O6/c1-5-9-13-26-18-23(25)17-19(24)20(27-14-10-6-2)21(28-15-11-7-3)22(23)29-16-12-8-4/h19-22,24-25H,5-18H2,1-4H3/t19-,20-,21+,22-,23-/m0/s1. The summed E-state index contributed by atoms with van der Waals surface area (Å²) >= 11 is 0. The molecule has 0 aromatic rings.